The summed E-state index contributed by atoms with van der Waals surface area (Å²) in [5.74, 6) is 0.980. The minimum Gasteiger partial charge on any atom is -0.477 e. The summed E-state index contributed by atoms with van der Waals surface area (Å²) in [6.07, 6.45) is 2.00. The zero-order chi connectivity index (χ0) is 13.7. The lowest BCUT2D eigenvalue weighted by atomic mass is 9.95. The standard InChI is InChI=1S/C17H17N2O/c1-3-19-10-18-16-15-13-7-5-4-6-12(13)8-9-14(15)20-17(16)11(19)2/h4-10,16-17H,3H2,1-2H3/q+1. The topological polar surface area (TPSA) is 24.6 Å². The number of hydrogen-bond donors (Lipinski definition) is 0. The Morgan fingerprint density at radius 2 is 2.05 bits per heavy atom. The molecule has 0 fully saturated rings. The number of ether oxygens (including phenoxy) is 1. The van der Waals surface area contributed by atoms with Crippen LogP contribution in [0.1, 0.15) is 25.5 Å². The maximum Gasteiger partial charge on any atom is 0.281 e. The van der Waals surface area contributed by atoms with Gasteiger partial charge in [-0.1, -0.05) is 35.3 Å². The SMILES string of the molecule is CC[N+]1=C(C)C2Oc3ccc4ccccc4c3C2N=C1. The van der Waals surface area contributed by atoms with E-state index in [0.717, 1.165) is 12.3 Å². The second-order valence-electron chi connectivity index (χ2n) is 5.37. The molecule has 0 N–H and O–H groups in total. The first-order valence-corrected chi connectivity index (χ1v) is 7.11. The van der Waals surface area contributed by atoms with E-state index in [-0.39, 0.29) is 12.1 Å². The number of benzene rings is 2. The predicted octanol–water partition coefficient (Wildman–Crippen LogP) is 3.18. The highest BCUT2D eigenvalue weighted by atomic mass is 16.5. The van der Waals surface area contributed by atoms with Crippen molar-refractivity contribution in [2.24, 2.45) is 4.99 Å². The van der Waals surface area contributed by atoms with Crippen LogP contribution in [0.25, 0.3) is 10.8 Å². The maximum absolute atomic E-state index is 6.17. The van der Waals surface area contributed by atoms with Crippen molar-refractivity contribution in [2.75, 3.05) is 6.54 Å². The molecule has 3 heteroatoms. The Bertz CT molecular complexity index is 761. The molecule has 2 heterocycles. The molecule has 20 heavy (non-hydrogen) atoms. The van der Waals surface area contributed by atoms with Gasteiger partial charge in [0.25, 0.3) is 6.34 Å². The molecule has 0 saturated carbocycles. The zero-order valence-electron chi connectivity index (χ0n) is 11.7. The Kier molecular flexibility index (Phi) is 2.43. The summed E-state index contributed by atoms with van der Waals surface area (Å²) >= 11 is 0. The average molecular weight is 265 g/mol. The fourth-order valence-electron chi connectivity index (χ4n) is 3.24. The zero-order valence-corrected chi connectivity index (χ0v) is 11.7. The third-order valence-corrected chi connectivity index (χ3v) is 4.34. The van der Waals surface area contributed by atoms with Crippen molar-refractivity contribution < 1.29 is 9.31 Å². The first-order valence-electron chi connectivity index (χ1n) is 7.11. The second kappa shape index (κ2) is 4.17. The van der Waals surface area contributed by atoms with E-state index in [1.165, 1.54) is 22.0 Å². The number of hydrogen-bond acceptors (Lipinski definition) is 2. The maximum atomic E-state index is 6.17. The van der Waals surface area contributed by atoms with Gasteiger partial charge in [0.15, 0.2) is 0 Å². The molecular formula is C17H17N2O+. The Labute approximate surface area is 118 Å². The monoisotopic (exact) mass is 265 g/mol. The van der Waals surface area contributed by atoms with Gasteiger partial charge < -0.3 is 4.74 Å². The van der Waals surface area contributed by atoms with Crippen LogP contribution in [0.4, 0.5) is 0 Å². The van der Waals surface area contributed by atoms with E-state index >= 15 is 0 Å². The van der Waals surface area contributed by atoms with E-state index < -0.39 is 0 Å². The van der Waals surface area contributed by atoms with Gasteiger partial charge in [-0.05, 0) is 30.7 Å². The van der Waals surface area contributed by atoms with Gasteiger partial charge in [0.05, 0.1) is 12.1 Å². The van der Waals surface area contributed by atoms with Crippen LogP contribution < -0.4 is 4.74 Å². The van der Waals surface area contributed by atoms with Crippen molar-refractivity contribution in [2.45, 2.75) is 26.0 Å². The Hall–Kier alpha value is -2.16. The van der Waals surface area contributed by atoms with Crippen molar-refractivity contribution >= 4 is 22.8 Å². The normalized spacial score (nSPS) is 23.7. The molecule has 2 aliphatic heterocycles. The van der Waals surface area contributed by atoms with E-state index in [2.05, 4.69) is 54.8 Å². The largest absolute Gasteiger partial charge is 0.477 e. The van der Waals surface area contributed by atoms with Crippen molar-refractivity contribution in [3.05, 3.63) is 42.0 Å². The molecule has 0 aliphatic carbocycles. The summed E-state index contributed by atoms with van der Waals surface area (Å²) in [6.45, 7) is 5.20. The Morgan fingerprint density at radius 1 is 1.20 bits per heavy atom. The average Bonchev–Trinajstić information content (AvgIpc) is 2.88. The van der Waals surface area contributed by atoms with Crippen LogP contribution in [0.3, 0.4) is 0 Å². The van der Waals surface area contributed by atoms with E-state index in [1.54, 1.807) is 0 Å². The first kappa shape index (κ1) is 11.6. The third kappa shape index (κ3) is 1.46. The first-order chi connectivity index (χ1) is 9.79. The van der Waals surface area contributed by atoms with E-state index in [4.69, 9.17) is 9.73 Å². The van der Waals surface area contributed by atoms with Gasteiger partial charge in [-0.25, -0.2) is 4.58 Å². The second-order valence-corrected chi connectivity index (χ2v) is 5.37. The van der Waals surface area contributed by atoms with E-state index in [1.807, 2.05) is 6.34 Å². The number of fused-ring (bicyclic) bond motifs is 5. The molecule has 0 amide bonds. The van der Waals surface area contributed by atoms with Gasteiger partial charge in [-0.2, -0.15) is 0 Å². The molecule has 0 spiro atoms. The molecule has 2 aliphatic rings. The number of rotatable bonds is 1. The lowest BCUT2D eigenvalue weighted by Crippen LogP contribution is -2.37. The summed E-state index contributed by atoms with van der Waals surface area (Å²) in [5, 5.41) is 2.51. The molecule has 0 aromatic heterocycles. The molecule has 2 aromatic rings. The molecule has 3 nitrogen and oxygen atoms in total. The molecule has 2 unspecified atom stereocenters. The predicted molar refractivity (Wildman–Crippen MR) is 81.1 cm³/mol. The van der Waals surface area contributed by atoms with Gasteiger partial charge in [0.1, 0.15) is 11.5 Å². The van der Waals surface area contributed by atoms with Crippen LogP contribution in [-0.4, -0.2) is 29.3 Å². The minimum absolute atomic E-state index is 0.0424. The summed E-state index contributed by atoms with van der Waals surface area (Å²) in [7, 11) is 0. The van der Waals surface area contributed by atoms with Gasteiger partial charge in [-0.3, -0.25) is 0 Å². The van der Waals surface area contributed by atoms with Gasteiger partial charge in [-0.15, -0.1) is 0 Å². The molecule has 2 atom stereocenters. The lowest BCUT2D eigenvalue weighted by Gasteiger charge is -2.17. The van der Waals surface area contributed by atoms with Crippen LogP contribution in [0.5, 0.6) is 5.75 Å². The Balaban J connectivity index is 1.92. The van der Waals surface area contributed by atoms with E-state index in [0.29, 0.717) is 0 Å². The molecule has 100 valence electrons. The lowest BCUT2D eigenvalue weighted by molar-refractivity contribution is -0.400. The smallest absolute Gasteiger partial charge is 0.281 e. The quantitative estimate of drug-likeness (QED) is 0.727. The molecular weight excluding hydrogens is 248 g/mol. The summed E-state index contributed by atoms with van der Waals surface area (Å²) < 4.78 is 8.33. The molecule has 4 rings (SSSR count). The van der Waals surface area contributed by atoms with E-state index in [9.17, 15) is 0 Å². The Morgan fingerprint density at radius 3 is 2.90 bits per heavy atom. The third-order valence-electron chi connectivity index (χ3n) is 4.34. The number of aliphatic imine (C=N–C) groups is 1. The molecule has 2 aromatic carbocycles. The fourth-order valence-corrected chi connectivity index (χ4v) is 3.24. The van der Waals surface area contributed by atoms with Gasteiger partial charge in [0.2, 0.25) is 12.1 Å². The van der Waals surface area contributed by atoms with Crippen LogP contribution in [0, 0.1) is 0 Å². The summed E-state index contributed by atoms with van der Waals surface area (Å²) in [4.78, 5) is 4.74. The fraction of sp³-hybridized carbons (Fsp3) is 0.294. The number of nitrogens with zero attached hydrogens (tertiary/aromatic N) is 2. The summed E-state index contributed by atoms with van der Waals surface area (Å²) in [5.41, 5.74) is 2.48. The van der Waals surface area contributed by atoms with Crippen LogP contribution in [-0.2, 0) is 0 Å². The minimum atomic E-state index is 0.0424. The van der Waals surface area contributed by atoms with Crippen LogP contribution >= 0.6 is 0 Å². The highest BCUT2D eigenvalue weighted by Gasteiger charge is 2.44. The molecule has 0 radical (unpaired) electrons. The van der Waals surface area contributed by atoms with Crippen molar-refractivity contribution in [1.82, 2.24) is 0 Å². The molecule has 0 bridgehead atoms. The van der Waals surface area contributed by atoms with Crippen molar-refractivity contribution in [1.29, 1.82) is 0 Å². The van der Waals surface area contributed by atoms with Crippen LogP contribution in [0.15, 0.2) is 41.4 Å². The van der Waals surface area contributed by atoms with Crippen molar-refractivity contribution in [3.63, 3.8) is 0 Å². The van der Waals surface area contributed by atoms with Gasteiger partial charge >= 0.3 is 0 Å². The van der Waals surface area contributed by atoms with Crippen molar-refractivity contribution in [3.8, 4) is 5.75 Å². The molecule has 0 saturated heterocycles. The summed E-state index contributed by atoms with van der Waals surface area (Å²) in [6, 6.07) is 12.8. The highest BCUT2D eigenvalue weighted by molar-refractivity contribution is 5.94. The van der Waals surface area contributed by atoms with Crippen LogP contribution in [0.2, 0.25) is 0 Å². The van der Waals surface area contributed by atoms with Gasteiger partial charge in [0, 0.05) is 0 Å². The highest BCUT2D eigenvalue weighted by Crippen LogP contribution is 2.44.